The van der Waals surface area contributed by atoms with E-state index in [0.29, 0.717) is 41.9 Å². The van der Waals surface area contributed by atoms with Crippen molar-refractivity contribution in [1.82, 2.24) is 9.55 Å². The summed E-state index contributed by atoms with van der Waals surface area (Å²) in [6, 6.07) is 12.9. The second-order valence-corrected chi connectivity index (χ2v) is 8.05. The van der Waals surface area contributed by atoms with Crippen LogP contribution in [0.4, 0.5) is 0 Å². The van der Waals surface area contributed by atoms with Gasteiger partial charge in [0.05, 0.1) is 36.2 Å². The lowest BCUT2D eigenvalue weighted by atomic mass is 10.1. The summed E-state index contributed by atoms with van der Waals surface area (Å²) in [6.45, 7) is 1.57. The predicted octanol–water partition coefficient (Wildman–Crippen LogP) is 5.14. The Morgan fingerprint density at radius 2 is 2.10 bits per heavy atom. The fourth-order valence-corrected chi connectivity index (χ4v) is 4.00. The lowest BCUT2D eigenvalue weighted by molar-refractivity contribution is -0.189. The number of rotatable bonds is 8. The minimum Gasteiger partial charge on any atom is -0.491 e. The summed E-state index contributed by atoms with van der Waals surface area (Å²) in [5, 5.41) is 3.38. The number of benzene rings is 2. The molecule has 0 amide bonds. The fourth-order valence-electron chi connectivity index (χ4n) is 3.38. The molecule has 0 bridgehead atoms. The van der Waals surface area contributed by atoms with Gasteiger partial charge in [0, 0.05) is 23.0 Å². The highest BCUT2D eigenvalue weighted by Crippen LogP contribution is 2.40. The molecule has 4 rings (SSSR count). The maximum absolute atomic E-state index is 6.49. The van der Waals surface area contributed by atoms with Gasteiger partial charge < -0.3 is 18.8 Å². The van der Waals surface area contributed by atoms with Crippen LogP contribution in [0.2, 0.25) is 10.0 Å². The van der Waals surface area contributed by atoms with E-state index in [1.165, 1.54) is 0 Å². The summed E-state index contributed by atoms with van der Waals surface area (Å²) in [7, 11) is 0. The first-order valence-corrected chi connectivity index (χ1v) is 10.7. The third-order valence-electron chi connectivity index (χ3n) is 4.84. The molecule has 2 heterocycles. The number of imidazole rings is 1. The van der Waals surface area contributed by atoms with Gasteiger partial charge in [-0.1, -0.05) is 41.4 Å². The molecule has 0 N–H and O–H groups in total. The number of aliphatic imine (C=N–C) groups is 1. The van der Waals surface area contributed by atoms with E-state index in [1.807, 2.05) is 41.1 Å². The number of isothiocyanates is 1. The van der Waals surface area contributed by atoms with Crippen LogP contribution < -0.4 is 4.74 Å². The molecule has 0 aliphatic carbocycles. The van der Waals surface area contributed by atoms with Crippen molar-refractivity contribution in [3.05, 3.63) is 82.4 Å². The van der Waals surface area contributed by atoms with Crippen LogP contribution >= 0.6 is 35.4 Å². The average Bonchev–Trinajstić information content (AvgIpc) is 3.42. The molecule has 0 spiro atoms. The van der Waals surface area contributed by atoms with Gasteiger partial charge in [0.1, 0.15) is 18.5 Å². The number of hydrogen-bond donors (Lipinski definition) is 0. The Morgan fingerprint density at radius 1 is 1.26 bits per heavy atom. The summed E-state index contributed by atoms with van der Waals surface area (Å²) in [5.74, 6) is -0.339. The molecule has 1 aliphatic heterocycles. The van der Waals surface area contributed by atoms with Crippen LogP contribution in [0.5, 0.6) is 5.75 Å². The first-order chi connectivity index (χ1) is 15.1. The minimum absolute atomic E-state index is 0.283. The van der Waals surface area contributed by atoms with Crippen molar-refractivity contribution in [2.45, 2.75) is 25.0 Å². The van der Waals surface area contributed by atoms with Crippen molar-refractivity contribution >= 4 is 40.6 Å². The minimum atomic E-state index is -1.07. The predicted molar refractivity (Wildman–Crippen MR) is 122 cm³/mol. The molecule has 1 aromatic heterocycles. The highest BCUT2D eigenvalue weighted by molar-refractivity contribution is 7.78. The molecule has 0 radical (unpaired) electrons. The Kier molecular flexibility index (Phi) is 7.02. The summed E-state index contributed by atoms with van der Waals surface area (Å²) >= 11 is 17.2. The second-order valence-electron chi connectivity index (χ2n) is 7.03. The fraction of sp³-hybridized carbons (Fsp3) is 0.273. The molecule has 0 saturated carbocycles. The Morgan fingerprint density at radius 3 is 2.81 bits per heavy atom. The van der Waals surface area contributed by atoms with Crippen LogP contribution in [-0.2, 0) is 28.4 Å². The molecule has 9 heteroatoms. The Hall–Kier alpha value is -2.25. The quantitative estimate of drug-likeness (QED) is 0.333. The standard InChI is InChI=1S/C22H19Cl2N3O3S/c23-17-3-6-20(21(24)9-17)22(13-27-8-7-25-14-27)29-12-19(30-22)11-28-18-4-1-16(2-5-18)10-26-15-31/h1-9,14,19H,10-13H2. The Bertz CT molecular complexity index is 1070. The first kappa shape index (κ1) is 22.0. The van der Waals surface area contributed by atoms with E-state index >= 15 is 0 Å². The summed E-state index contributed by atoms with van der Waals surface area (Å²) in [4.78, 5) is 8.03. The lowest BCUT2D eigenvalue weighted by Gasteiger charge is -2.30. The van der Waals surface area contributed by atoms with Gasteiger partial charge in [0.2, 0.25) is 5.79 Å². The number of aromatic nitrogens is 2. The number of halogens is 2. The molecule has 1 fully saturated rings. The van der Waals surface area contributed by atoms with Crippen LogP contribution in [0.25, 0.3) is 0 Å². The summed E-state index contributed by atoms with van der Waals surface area (Å²) in [6.07, 6.45) is 4.97. The smallest absolute Gasteiger partial charge is 0.215 e. The van der Waals surface area contributed by atoms with E-state index in [1.54, 1.807) is 24.7 Å². The Labute approximate surface area is 195 Å². The summed E-state index contributed by atoms with van der Waals surface area (Å²) in [5.41, 5.74) is 1.74. The van der Waals surface area contributed by atoms with Crippen LogP contribution in [0.1, 0.15) is 11.1 Å². The molecule has 31 heavy (non-hydrogen) atoms. The largest absolute Gasteiger partial charge is 0.491 e. The zero-order valence-corrected chi connectivity index (χ0v) is 18.7. The van der Waals surface area contributed by atoms with Gasteiger partial charge in [-0.2, -0.15) is 0 Å². The molecular formula is C22H19Cl2N3O3S. The highest BCUT2D eigenvalue weighted by Gasteiger charge is 2.45. The molecule has 1 saturated heterocycles. The molecule has 2 unspecified atom stereocenters. The highest BCUT2D eigenvalue weighted by atomic mass is 35.5. The van der Waals surface area contributed by atoms with Gasteiger partial charge in [-0.3, -0.25) is 0 Å². The van der Waals surface area contributed by atoms with Crippen LogP contribution in [0, 0.1) is 0 Å². The SMILES string of the molecule is S=C=NCc1ccc(OCC2COC(Cn3ccnc3)(c3ccc(Cl)cc3Cl)O2)cc1. The van der Waals surface area contributed by atoms with Gasteiger partial charge in [0.15, 0.2) is 0 Å². The monoisotopic (exact) mass is 475 g/mol. The molecule has 3 aromatic rings. The van der Waals surface area contributed by atoms with E-state index in [2.05, 4.69) is 27.4 Å². The topological polar surface area (TPSA) is 57.9 Å². The van der Waals surface area contributed by atoms with Crippen molar-refractivity contribution in [2.24, 2.45) is 4.99 Å². The number of ether oxygens (including phenoxy) is 3. The normalized spacial score (nSPS) is 20.4. The molecular weight excluding hydrogens is 457 g/mol. The van der Waals surface area contributed by atoms with Crippen LogP contribution in [0.15, 0.2) is 66.2 Å². The molecule has 1 aliphatic rings. The molecule has 2 aromatic carbocycles. The van der Waals surface area contributed by atoms with E-state index in [-0.39, 0.29) is 6.10 Å². The molecule has 160 valence electrons. The van der Waals surface area contributed by atoms with E-state index in [9.17, 15) is 0 Å². The lowest BCUT2D eigenvalue weighted by Crippen LogP contribution is -2.34. The maximum Gasteiger partial charge on any atom is 0.215 e. The van der Waals surface area contributed by atoms with Crippen LogP contribution in [-0.4, -0.2) is 34.0 Å². The number of hydrogen-bond acceptors (Lipinski definition) is 6. The summed E-state index contributed by atoms with van der Waals surface area (Å²) < 4.78 is 20.3. The third kappa shape index (κ3) is 5.33. The zero-order chi connectivity index (χ0) is 21.7. The van der Waals surface area contributed by atoms with Crippen molar-refractivity contribution in [1.29, 1.82) is 0 Å². The maximum atomic E-state index is 6.49. The van der Waals surface area contributed by atoms with Gasteiger partial charge in [0.25, 0.3) is 0 Å². The third-order valence-corrected chi connectivity index (χ3v) is 5.51. The van der Waals surface area contributed by atoms with Gasteiger partial charge in [-0.15, -0.1) is 0 Å². The van der Waals surface area contributed by atoms with Gasteiger partial charge in [-0.05, 0) is 42.0 Å². The van der Waals surface area contributed by atoms with Crippen molar-refractivity contribution in [2.75, 3.05) is 13.2 Å². The van der Waals surface area contributed by atoms with Crippen molar-refractivity contribution in [3.63, 3.8) is 0 Å². The van der Waals surface area contributed by atoms with Crippen molar-refractivity contribution in [3.8, 4) is 5.75 Å². The Balaban J connectivity index is 1.47. The molecule has 2 atom stereocenters. The van der Waals surface area contributed by atoms with E-state index < -0.39 is 5.79 Å². The van der Waals surface area contributed by atoms with Gasteiger partial charge in [-0.25, -0.2) is 9.98 Å². The van der Waals surface area contributed by atoms with E-state index in [0.717, 1.165) is 11.3 Å². The van der Waals surface area contributed by atoms with Crippen molar-refractivity contribution < 1.29 is 14.2 Å². The number of nitrogens with zero attached hydrogens (tertiary/aromatic N) is 3. The van der Waals surface area contributed by atoms with Gasteiger partial charge >= 0.3 is 0 Å². The first-order valence-electron chi connectivity index (χ1n) is 9.56. The van der Waals surface area contributed by atoms with E-state index in [4.69, 9.17) is 37.4 Å². The second kappa shape index (κ2) is 9.92. The molecule has 6 nitrogen and oxygen atoms in total. The zero-order valence-electron chi connectivity index (χ0n) is 16.4. The average molecular weight is 476 g/mol. The van der Waals surface area contributed by atoms with Crippen LogP contribution in [0.3, 0.4) is 0 Å². The number of thiocarbonyl (C=S) groups is 1.